The first-order valence-corrected chi connectivity index (χ1v) is 4.00. The molecule has 66 valence electrons. The molecule has 0 aliphatic carbocycles. The standard InChI is InChI=1S/C7H4N2O3S/c10-5-8-13-7-3-1-6(2-4-7)9(11)12/h1-4H. The lowest BCUT2D eigenvalue weighted by molar-refractivity contribution is -0.384. The van der Waals surface area contributed by atoms with E-state index < -0.39 is 4.92 Å². The van der Waals surface area contributed by atoms with Crippen molar-refractivity contribution in [1.29, 1.82) is 0 Å². The van der Waals surface area contributed by atoms with Gasteiger partial charge in [0.05, 0.1) is 4.92 Å². The fraction of sp³-hybridized carbons (Fsp3) is 0. The highest BCUT2D eigenvalue weighted by Gasteiger charge is 2.03. The summed E-state index contributed by atoms with van der Waals surface area (Å²) < 4.78 is 3.26. The molecule has 0 atom stereocenters. The van der Waals surface area contributed by atoms with Crippen LogP contribution in [0.5, 0.6) is 0 Å². The summed E-state index contributed by atoms with van der Waals surface area (Å²) in [6.45, 7) is 0. The van der Waals surface area contributed by atoms with Crippen molar-refractivity contribution in [2.75, 3.05) is 0 Å². The molecule has 0 saturated heterocycles. The summed E-state index contributed by atoms with van der Waals surface area (Å²) in [5.74, 6) is 0. The zero-order chi connectivity index (χ0) is 9.68. The number of rotatable bonds is 3. The number of benzene rings is 1. The maximum atomic E-state index is 10.2. The summed E-state index contributed by atoms with van der Waals surface area (Å²) in [6, 6.07) is 5.73. The molecular weight excluding hydrogens is 192 g/mol. The molecule has 0 N–H and O–H groups in total. The Hall–Kier alpha value is -1.65. The largest absolute Gasteiger partial charge is 0.269 e. The molecule has 0 aromatic heterocycles. The van der Waals surface area contributed by atoms with E-state index in [4.69, 9.17) is 0 Å². The van der Waals surface area contributed by atoms with E-state index in [-0.39, 0.29) is 5.69 Å². The van der Waals surface area contributed by atoms with E-state index in [1.165, 1.54) is 30.3 Å². The minimum absolute atomic E-state index is 0.0134. The number of non-ortho nitro benzene ring substituents is 1. The van der Waals surface area contributed by atoms with Crippen LogP contribution in [0, 0.1) is 10.1 Å². The Labute approximate surface area is 77.8 Å². The van der Waals surface area contributed by atoms with Crippen LogP contribution in [0.1, 0.15) is 0 Å². The number of carbonyl (C=O) groups excluding carboxylic acids is 1. The molecule has 13 heavy (non-hydrogen) atoms. The van der Waals surface area contributed by atoms with Crippen LogP contribution in [0.15, 0.2) is 33.6 Å². The third-order valence-corrected chi connectivity index (χ3v) is 1.88. The van der Waals surface area contributed by atoms with E-state index >= 15 is 0 Å². The van der Waals surface area contributed by atoms with Gasteiger partial charge in [0, 0.05) is 29.0 Å². The average molecular weight is 196 g/mol. The van der Waals surface area contributed by atoms with Crippen molar-refractivity contribution in [2.45, 2.75) is 4.90 Å². The van der Waals surface area contributed by atoms with Crippen molar-refractivity contribution in [2.24, 2.45) is 4.40 Å². The summed E-state index contributed by atoms with van der Waals surface area (Å²) in [6.07, 6.45) is 1.36. The van der Waals surface area contributed by atoms with Crippen LogP contribution in [0.4, 0.5) is 5.69 Å². The zero-order valence-electron chi connectivity index (χ0n) is 6.34. The Kier molecular flexibility index (Phi) is 3.19. The number of nitro benzene ring substituents is 1. The molecule has 0 aliphatic heterocycles. The Morgan fingerprint density at radius 1 is 1.38 bits per heavy atom. The highest BCUT2D eigenvalue weighted by molar-refractivity contribution is 7.98. The maximum absolute atomic E-state index is 10.2. The van der Waals surface area contributed by atoms with Crippen LogP contribution >= 0.6 is 11.9 Å². The quantitative estimate of drug-likeness (QED) is 0.243. The van der Waals surface area contributed by atoms with E-state index in [1.54, 1.807) is 0 Å². The second-order valence-corrected chi connectivity index (χ2v) is 2.86. The lowest BCUT2D eigenvalue weighted by Crippen LogP contribution is -1.85. The average Bonchev–Trinajstić information content (AvgIpc) is 2.15. The summed E-state index contributed by atoms with van der Waals surface area (Å²) in [7, 11) is 0. The smallest absolute Gasteiger partial charge is 0.258 e. The summed E-state index contributed by atoms with van der Waals surface area (Å²) in [5.41, 5.74) is 0.0134. The second-order valence-electron chi connectivity index (χ2n) is 2.02. The molecule has 0 radical (unpaired) electrons. The lowest BCUT2D eigenvalue weighted by atomic mass is 10.3. The van der Waals surface area contributed by atoms with Gasteiger partial charge in [0.15, 0.2) is 0 Å². The molecule has 0 fully saturated rings. The summed E-state index contributed by atoms with van der Waals surface area (Å²) in [4.78, 5) is 20.1. The van der Waals surface area contributed by atoms with Crippen molar-refractivity contribution in [3.8, 4) is 0 Å². The molecular formula is C7H4N2O3S. The third kappa shape index (κ3) is 2.70. The van der Waals surface area contributed by atoms with Gasteiger partial charge in [-0.15, -0.1) is 4.40 Å². The van der Waals surface area contributed by atoms with Crippen molar-refractivity contribution in [3.05, 3.63) is 34.4 Å². The highest BCUT2D eigenvalue weighted by atomic mass is 32.2. The maximum Gasteiger partial charge on any atom is 0.269 e. The van der Waals surface area contributed by atoms with Crippen LogP contribution in [0.3, 0.4) is 0 Å². The van der Waals surface area contributed by atoms with Crippen molar-refractivity contribution >= 4 is 23.7 Å². The molecule has 5 nitrogen and oxygen atoms in total. The monoisotopic (exact) mass is 196 g/mol. The minimum atomic E-state index is -0.489. The third-order valence-electron chi connectivity index (χ3n) is 1.24. The predicted molar refractivity (Wildman–Crippen MR) is 47.1 cm³/mol. The number of nitrogens with zero attached hydrogens (tertiary/aromatic N) is 2. The zero-order valence-corrected chi connectivity index (χ0v) is 7.15. The number of isocyanates is 1. The van der Waals surface area contributed by atoms with Gasteiger partial charge in [-0.25, -0.2) is 4.79 Å². The molecule has 0 amide bonds. The molecule has 0 bridgehead atoms. The molecule has 0 unspecified atom stereocenters. The Bertz CT molecular complexity index is 357. The van der Waals surface area contributed by atoms with Crippen LogP contribution < -0.4 is 0 Å². The Morgan fingerprint density at radius 2 is 2.00 bits per heavy atom. The van der Waals surface area contributed by atoms with Gasteiger partial charge in [-0.3, -0.25) is 10.1 Å². The first-order valence-electron chi connectivity index (χ1n) is 3.22. The molecule has 1 aromatic carbocycles. The fourth-order valence-corrected chi connectivity index (χ4v) is 1.10. The van der Waals surface area contributed by atoms with E-state index in [1.807, 2.05) is 0 Å². The predicted octanol–water partition coefficient (Wildman–Crippen LogP) is 1.94. The van der Waals surface area contributed by atoms with Gasteiger partial charge in [0.2, 0.25) is 6.08 Å². The molecule has 0 heterocycles. The van der Waals surface area contributed by atoms with Crippen LogP contribution in [-0.4, -0.2) is 11.0 Å². The Morgan fingerprint density at radius 3 is 2.46 bits per heavy atom. The molecule has 0 aliphatic rings. The SMILES string of the molecule is O=C=NSc1ccc([N+](=O)[O-])cc1. The highest BCUT2D eigenvalue weighted by Crippen LogP contribution is 2.21. The molecule has 1 aromatic rings. The van der Waals surface area contributed by atoms with Crippen molar-refractivity contribution in [1.82, 2.24) is 0 Å². The Balaban J connectivity index is 2.80. The van der Waals surface area contributed by atoms with Gasteiger partial charge in [0.1, 0.15) is 0 Å². The molecule has 6 heteroatoms. The van der Waals surface area contributed by atoms with E-state index in [0.717, 1.165) is 11.9 Å². The van der Waals surface area contributed by atoms with Gasteiger partial charge < -0.3 is 0 Å². The summed E-state index contributed by atoms with van der Waals surface area (Å²) >= 11 is 0.920. The van der Waals surface area contributed by atoms with Gasteiger partial charge in [-0.1, -0.05) is 0 Å². The van der Waals surface area contributed by atoms with E-state index in [0.29, 0.717) is 4.90 Å². The number of nitro groups is 1. The van der Waals surface area contributed by atoms with Gasteiger partial charge in [0.25, 0.3) is 5.69 Å². The van der Waals surface area contributed by atoms with E-state index in [9.17, 15) is 14.9 Å². The molecule has 0 saturated carbocycles. The second kappa shape index (κ2) is 4.39. The van der Waals surface area contributed by atoms with Crippen LogP contribution in [0.25, 0.3) is 0 Å². The van der Waals surface area contributed by atoms with Crippen molar-refractivity contribution in [3.63, 3.8) is 0 Å². The number of hydrogen-bond donors (Lipinski definition) is 0. The van der Waals surface area contributed by atoms with Crippen molar-refractivity contribution < 1.29 is 9.72 Å². The molecule has 1 rings (SSSR count). The van der Waals surface area contributed by atoms with Gasteiger partial charge in [-0.2, -0.15) is 0 Å². The van der Waals surface area contributed by atoms with Crippen LogP contribution in [0.2, 0.25) is 0 Å². The van der Waals surface area contributed by atoms with Gasteiger partial charge >= 0.3 is 0 Å². The minimum Gasteiger partial charge on any atom is -0.258 e. The first kappa shape index (κ1) is 9.44. The number of hydrogen-bond acceptors (Lipinski definition) is 5. The summed E-state index contributed by atoms with van der Waals surface area (Å²) in [5, 5.41) is 10.2. The molecule has 0 spiro atoms. The van der Waals surface area contributed by atoms with Crippen LogP contribution in [-0.2, 0) is 4.79 Å². The fourth-order valence-electron chi connectivity index (χ4n) is 0.700. The van der Waals surface area contributed by atoms with E-state index in [2.05, 4.69) is 4.40 Å². The topological polar surface area (TPSA) is 72.6 Å². The van der Waals surface area contributed by atoms with Gasteiger partial charge in [-0.05, 0) is 12.1 Å². The first-order chi connectivity index (χ1) is 6.24. The lowest BCUT2D eigenvalue weighted by Gasteiger charge is -1.92. The normalized spacial score (nSPS) is 8.92.